The molecule has 0 amide bonds. The van der Waals surface area contributed by atoms with Gasteiger partial charge in [-0.15, -0.1) is 0 Å². The first-order valence-electron chi connectivity index (χ1n) is 5.98. The SMILES string of the molecule is COc1ccn2c(CC3CCCS3)ncc2c1. The number of imidazole rings is 1. The molecular formula is C13H16N2OS. The van der Waals surface area contributed by atoms with Crippen molar-refractivity contribution < 1.29 is 4.74 Å². The Kier molecular flexibility index (Phi) is 2.97. The van der Waals surface area contributed by atoms with E-state index in [4.69, 9.17) is 4.74 Å². The van der Waals surface area contributed by atoms with Crippen molar-refractivity contribution >= 4 is 17.3 Å². The van der Waals surface area contributed by atoms with Gasteiger partial charge in [0, 0.05) is 23.9 Å². The fourth-order valence-corrected chi connectivity index (χ4v) is 3.59. The molecule has 1 atom stereocenters. The number of hydrogen-bond donors (Lipinski definition) is 0. The van der Waals surface area contributed by atoms with Crippen molar-refractivity contribution in [2.75, 3.05) is 12.9 Å². The quantitative estimate of drug-likeness (QED) is 0.835. The highest BCUT2D eigenvalue weighted by Gasteiger charge is 2.18. The Morgan fingerprint density at radius 2 is 2.53 bits per heavy atom. The molecule has 4 heteroatoms. The van der Waals surface area contributed by atoms with Gasteiger partial charge in [0.05, 0.1) is 18.8 Å². The highest BCUT2D eigenvalue weighted by atomic mass is 32.2. The molecule has 0 spiro atoms. The van der Waals surface area contributed by atoms with Gasteiger partial charge in [0.15, 0.2) is 0 Å². The van der Waals surface area contributed by atoms with E-state index in [0.717, 1.165) is 22.9 Å². The molecule has 0 aromatic carbocycles. The fourth-order valence-electron chi connectivity index (χ4n) is 2.32. The van der Waals surface area contributed by atoms with Crippen LogP contribution in [0.4, 0.5) is 0 Å². The molecule has 3 nitrogen and oxygen atoms in total. The van der Waals surface area contributed by atoms with E-state index < -0.39 is 0 Å². The van der Waals surface area contributed by atoms with Gasteiger partial charge in [0.1, 0.15) is 11.6 Å². The van der Waals surface area contributed by atoms with Crippen LogP contribution in [0.1, 0.15) is 18.7 Å². The smallest absolute Gasteiger partial charge is 0.122 e. The van der Waals surface area contributed by atoms with Crippen LogP contribution < -0.4 is 4.74 Å². The van der Waals surface area contributed by atoms with E-state index in [1.165, 1.54) is 24.4 Å². The van der Waals surface area contributed by atoms with E-state index in [2.05, 4.69) is 27.3 Å². The molecule has 2 aromatic rings. The Hall–Kier alpha value is -1.16. The van der Waals surface area contributed by atoms with Gasteiger partial charge in [0.2, 0.25) is 0 Å². The first kappa shape index (κ1) is 11.0. The monoisotopic (exact) mass is 248 g/mol. The zero-order valence-electron chi connectivity index (χ0n) is 9.93. The summed E-state index contributed by atoms with van der Waals surface area (Å²) < 4.78 is 7.39. The lowest BCUT2D eigenvalue weighted by molar-refractivity contribution is 0.414. The van der Waals surface area contributed by atoms with Crippen LogP contribution in [0, 0.1) is 0 Å². The highest BCUT2D eigenvalue weighted by molar-refractivity contribution is 8.00. The summed E-state index contributed by atoms with van der Waals surface area (Å²) in [5.41, 5.74) is 1.11. The van der Waals surface area contributed by atoms with Crippen molar-refractivity contribution in [3.8, 4) is 5.75 Å². The summed E-state index contributed by atoms with van der Waals surface area (Å²) in [5, 5.41) is 0.753. The molecule has 1 saturated heterocycles. The van der Waals surface area contributed by atoms with Gasteiger partial charge in [-0.3, -0.25) is 0 Å². The van der Waals surface area contributed by atoms with Crippen LogP contribution in [0.2, 0.25) is 0 Å². The first-order valence-corrected chi connectivity index (χ1v) is 7.03. The number of methoxy groups -OCH3 is 1. The van der Waals surface area contributed by atoms with E-state index in [1.807, 2.05) is 18.3 Å². The van der Waals surface area contributed by atoms with Gasteiger partial charge in [0.25, 0.3) is 0 Å². The third-order valence-electron chi connectivity index (χ3n) is 3.25. The van der Waals surface area contributed by atoms with Crippen molar-refractivity contribution in [1.29, 1.82) is 0 Å². The number of hydrogen-bond acceptors (Lipinski definition) is 3. The number of nitrogens with zero attached hydrogens (tertiary/aromatic N) is 2. The number of ether oxygens (including phenoxy) is 1. The second kappa shape index (κ2) is 4.61. The lowest BCUT2D eigenvalue weighted by atomic mass is 10.2. The van der Waals surface area contributed by atoms with E-state index in [9.17, 15) is 0 Å². The molecule has 1 unspecified atom stereocenters. The predicted molar refractivity (Wildman–Crippen MR) is 70.9 cm³/mol. The maximum absolute atomic E-state index is 5.22. The zero-order valence-corrected chi connectivity index (χ0v) is 10.7. The van der Waals surface area contributed by atoms with Crippen molar-refractivity contribution in [2.24, 2.45) is 0 Å². The molecule has 1 aliphatic heterocycles. The van der Waals surface area contributed by atoms with E-state index in [1.54, 1.807) is 7.11 Å². The van der Waals surface area contributed by atoms with Gasteiger partial charge in [-0.05, 0) is 24.7 Å². The number of aromatic nitrogens is 2. The predicted octanol–water partition coefficient (Wildman–Crippen LogP) is 2.78. The summed E-state index contributed by atoms with van der Waals surface area (Å²) >= 11 is 2.08. The lowest BCUT2D eigenvalue weighted by Crippen LogP contribution is -2.05. The summed E-state index contributed by atoms with van der Waals surface area (Å²) in [7, 11) is 1.69. The zero-order chi connectivity index (χ0) is 11.7. The van der Waals surface area contributed by atoms with Gasteiger partial charge in [-0.1, -0.05) is 0 Å². The van der Waals surface area contributed by atoms with Crippen LogP contribution in [0.3, 0.4) is 0 Å². The Morgan fingerprint density at radius 1 is 1.59 bits per heavy atom. The standard InChI is InChI=1S/C13H16N2OS/c1-16-11-4-5-15-10(7-11)9-14-13(15)8-12-3-2-6-17-12/h4-5,7,9,12H,2-3,6,8H2,1H3. The molecule has 2 aromatic heterocycles. The van der Waals surface area contributed by atoms with Crippen LogP contribution in [-0.2, 0) is 6.42 Å². The molecule has 0 aliphatic carbocycles. The average Bonchev–Trinajstić information content (AvgIpc) is 2.99. The molecular weight excluding hydrogens is 232 g/mol. The van der Waals surface area contributed by atoms with Crippen molar-refractivity contribution in [3.05, 3.63) is 30.4 Å². The van der Waals surface area contributed by atoms with Crippen LogP contribution in [-0.4, -0.2) is 27.5 Å². The minimum atomic E-state index is 0.753. The Bertz CT molecular complexity index is 517. The van der Waals surface area contributed by atoms with Gasteiger partial charge < -0.3 is 9.14 Å². The van der Waals surface area contributed by atoms with Crippen molar-refractivity contribution in [3.63, 3.8) is 0 Å². The third kappa shape index (κ3) is 2.14. The maximum atomic E-state index is 5.22. The minimum Gasteiger partial charge on any atom is -0.497 e. The normalized spacial score (nSPS) is 19.9. The Labute approximate surface area is 105 Å². The van der Waals surface area contributed by atoms with Crippen LogP contribution in [0.5, 0.6) is 5.75 Å². The van der Waals surface area contributed by atoms with E-state index >= 15 is 0 Å². The highest BCUT2D eigenvalue weighted by Crippen LogP contribution is 2.29. The summed E-state index contributed by atoms with van der Waals surface area (Å²) in [4.78, 5) is 4.53. The fraction of sp³-hybridized carbons (Fsp3) is 0.462. The van der Waals surface area contributed by atoms with Crippen molar-refractivity contribution in [1.82, 2.24) is 9.38 Å². The van der Waals surface area contributed by atoms with Gasteiger partial charge in [-0.25, -0.2) is 4.98 Å². The number of pyridine rings is 1. The van der Waals surface area contributed by atoms with Gasteiger partial charge >= 0.3 is 0 Å². The van der Waals surface area contributed by atoms with Gasteiger partial charge in [-0.2, -0.15) is 11.8 Å². The molecule has 0 radical (unpaired) electrons. The van der Waals surface area contributed by atoms with Crippen LogP contribution in [0.25, 0.3) is 5.52 Å². The molecule has 1 fully saturated rings. The Balaban J connectivity index is 1.89. The average molecular weight is 248 g/mol. The van der Waals surface area contributed by atoms with E-state index in [-0.39, 0.29) is 0 Å². The summed E-state index contributed by atoms with van der Waals surface area (Å²) in [6.45, 7) is 0. The second-order valence-corrected chi connectivity index (χ2v) is 5.78. The molecule has 3 rings (SSSR count). The third-order valence-corrected chi connectivity index (χ3v) is 4.65. The lowest BCUT2D eigenvalue weighted by Gasteiger charge is -2.07. The molecule has 1 aliphatic rings. The minimum absolute atomic E-state index is 0.753. The Morgan fingerprint density at radius 3 is 3.29 bits per heavy atom. The number of fused-ring (bicyclic) bond motifs is 1. The van der Waals surface area contributed by atoms with E-state index in [0.29, 0.717) is 0 Å². The molecule has 17 heavy (non-hydrogen) atoms. The topological polar surface area (TPSA) is 26.5 Å². The van der Waals surface area contributed by atoms with Crippen LogP contribution >= 0.6 is 11.8 Å². The molecule has 90 valence electrons. The second-order valence-electron chi connectivity index (χ2n) is 4.38. The summed E-state index contributed by atoms with van der Waals surface area (Å²) in [6.07, 6.45) is 7.74. The maximum Gasteiger partial charge on any atom is 0.122 e. The molecule has 0 N–H and O–H groups in total. The van der Waals surface area contributed by atoms with Crippen LogP contribution in [0.15, 0.2) is 24.5 Å². The largest absolute Gasteiger partial charge is 0.497 e. The molecule has 0 saturated carbocycles. The number of rotatable bonds is 3. The molecule has 0 bridgehead atoms. The number of thioether (sulfide) groups is 1. The first-order chi connectivity index (χ1) is 8.36. The summed E-state index contributed by atoms with van der Waals surface area (Å²) in [5.74, 6) is 3.36. The molecule has 3 heterocycles. The van der Waals surface area contributed by atoms with Crippen molar-refractivity contribution in [2.45, 2.75) is 24.5 Å². The summed E-state index contributed by atoms with van der Waals surface area (Å²) in [6, 6.07) is 4.01.